The van der Waals surface area contributed by atoms with Crippen molar-refractivity contribution in [2.75, 3.05) is 5.32 Å². The van der Waals surface area contributed by atoms with Gasteiger partial charge < -0.3 is 5.32 Å². The molecule has 0 amide bonds. The van der Waals surface area contributed by atoms with Crippen molar-refractivity contribution in [2.24, 2.45) is 0 Å². The van der Waals surface area contributed by atoms with E-state index in [2.05, 4.69) is 31.9 Å². The van der Waals surface area contributed by atoms with Crippen LogP contribution in [-0.4, -0.2) is 15.2 Å². The van der Waals surface area contributed by atoms with Crippen molar-refractivity contribution in [1.29, 1.82) is 0 Å². The second-order valence-corrected chi connectivity index (χ2v) is 5.34. The first-order chi connectivity index (χ1) is 8.90. The Morgan fingerprint density at radius 1 is 1.17 bits per heavy atom. The third-order valence-electron chi connectivity index (χ3n) is 2.21. The lowest BCUT2D eigenvalue weighted by atomic mass is 10.3. The maximum Gasteiger partial charge on any atom is 0.223 e. The molecule has 2 aromatic heterocycles. The van der Waals surface area contributed by atoms with E-state index in [1.807, 2.05) is 35.7 Å². The fourth-order valence-corrected chi connectivity index (χ4v) is 2.96. The van der Waals surface area contributed by atoms with E-state index in [1.165, 1.54) is 0 Å². The summed E-state index contributed by atoms with van der Waals surface area (Å²) in [6, 6.07) is 11.9. The van der Waals surface area contributed by atoms with E-state index in [0.717, 1.165) is 10.6 Å². The van der Waals surface area contributed by atoms with Gasteiger partial charge in [-0.1, -0.05) is 18.2 Å². The van der Waals surface area contributed by atoms with Crippen LogP contribution in [0.1, 0.15) is 0 Å². The molecule has 0 atom stereocenters. The minimum atomic E-state index is 0.652. The number of benzene rings is 1. The zero-order chi connectivity index (χ0) is 12.2. The number of aromatic amines is 1. The molecule has 0 aliphatic heterocycles. The Hall–Kier alpha value is -1.79. The van der Waals surface area contributed by atoms with Gasteiger partial charge in [-0.2, -0.15) is 16.3 Å². The van der Waals surface area contributed by atoms with Gasteiger partial charge in [-0.15, -0.1) is 5.10 Å². The lowest BCUT2D eigenvalue weighted by Gasteiger charge is -1.99. The third kappa shape index (κ3) is 2.72. The van der Waals surface area contributed by atoms with Crippen LogP contribution in [0.2, 0.25) is 0 Å². The summed E-state index contributed by atoms with van der Waals surface area (Å²) in [7, 11) is 0. The summed E-state index contributed by atoms with van der Waals surface area (Å²) in [6.07, 6.45) is 0. The summed E-state index contributed by atoms with van der Waals surface area (Å²) in [5.74, 6) is 0.652. The Labute approximate surface area is 112 Å². The minimum absolute atomic E-state index is 0.652. The lowest BCUT2D eigenvalue weighted by Crippen LogP contribution is -1.91. The Bertz CT molecular complexity index is 604. The number of hydrogen-bond acceptors (Lipinski definition) is 5. The zero-order valence-corrected chi connectivity index (χ0v) is 11.0. The Morgan fingerprint density at radius 2 is 2.06 bits per heavy atom. The molecule has 0 aliphatic carbocycles. The maximum atomic E-state index is 4.37. The highest BCUT2D eigenvalue weighted by Gasteiger charge is 2.05. The Kier molecular flexibility index (Phi) is 3.29. The van der Waals surface area contributed by atoms with Crippen molar-refractivity contribution in [3.8, 4) is 0 Å². The molecule has 0 unspecified atom stereocenters. The number of thiophene rings is 1. The second kappa shape index (κ2) is 5.24. The summed E-state index contributed by atoms with van der Waals surface area (Å²) in [5.41, 5.74) is 0.987. The van der Waals surface area contributed by atoms with Gasteiger partial charge >= 0.3 is 0 Å². The van der Waals surface area contributed by atoms with Gasteiger partial charge in [0.05, 0.1) is 0 Å². The molecule has 1 aromatic carbocycles. The van der Waals surface area contributed by atoms with Crippen molar-refractivity contribution in [2.45, 2.75) is 10.1 Å². The zero-order valence-electron chi connectivity index (χ0n) is 9.33. The summed E-state index contributed by atoms with van der Waals surface area (Å²) >= 11 is 3.21. The standard InChI is InChI=1S/C12H10N4S2/c1-2-4-9(5-3-1)13-11-14-12(16-15-11)18-10-6-7-17-8-10/h1-8H,(H2,13,14,15,16). The van der Waals surface area contributed by atoms with Gasteiger partial charge in [0.1, 0.15) is 0 Å². The van der Waals surface area contributed by atoms with Crippen molar-refractivity contribution >= 4 is 34.7 Å². The Balaban J connectivity index is 1.70. The summed E-state index contributed by atoms with van der Waals surface area (Å²) in [6.45, 7) is 0. The molecule has 18 heavy (non-hydrogen) atoms. The molecular weight excluding hydrogens is 264 g/mol. The number of nitrogens with one attached hydrogen (secondary N) is 2. The SMILES string of the molecule is c1ccc(Nc2nc(Sc3ccsc3)n[nH]2)cc1. The Morgan fingerprint density at radius 3 is 2.83 bits per heavy atom. The van der Waals surface area contributed by atoms with Gasteiger partial charge in [-0.3, -0.25) is 0 Å². The summed E-state index contributed by atoms with van der Waals surface area (Å²) < 4.78 is 0. The van der Waals surface area contributed by atoms with Crippen LogP contribution in [0.25, 0.3) is 0 Å². The first-order valence-electron chi connectivity index (χ1n) is 5.35. The molecule has 90 valence electrons. The molecule has 3 rings (SSSR count). The maximum absolute atomic E-state index is 4.37. The molecule has 0 radical (unpaired) electrons. The molecule has 4 nitrogen and oxygen atoms in total. The van der Waals surface area contributed by atoms with Crippen LogP contribution in [0.3, 0.4) is 0 Å². The molecule has 0 fully saturated rings. The lowest BCUT2D eigenvalue weighted by molar-refractivity contribution is 0.974. The molecule has 0 saturated heterocycles. The van der Waals surface area contributed by atoms with Gasteiger partial charge in [-0.05, 0) is 35.3 Å². The van der Waals surface area contributed by atoms with E-state index >= 15 is 0 Å². The van der Waals surface area contributed by atoms with Gasteiger partial charge in [0.2, 0.25) is 11.1 Å². The predicted molar refractivity (Wildman–Crippen MR) is 74.5 cm³/mol. The highest BCUT2D eigenvalue weighted by molar-refractivity contribution is 7.99. The molecular formula is C12H10N4S2. The fourth-order valence-electron chi connectivity index (χ4n) is 1.42. The average molecular weight is 274 g/mol. The molecule has 0 bridgehead atoms. The van der Waals surface area contributed by atoms with Crippen molar-refractivity contribution < 1.29 is 0 Å². The number of para-hydroxylation sites is 1. The van der Waals surface area contributed by atoms with Crippen LogP contribution in [-0.2, 0) is 0 Å². The van der Waals surface area contributed by atoms with E-state index in [-0.39, 0.29) is 0 Å². The molecule has 0 spiro atoms. The normalized spacial score (nSPS) is 10.4. The van der Waals surface area contributed by atoms with Crippen molar-refractivity contribution in [3.05, 3.63) is 47.2 Å². The largest absolute Gasteiger partial charge is 0.325 e. The predicted octanol–water partition coefficient (Wildman–Crippen LogP) is 3.76. The second-order valence-electron chi connectivity index (χ2n) is 3.52. The molecule has 2 N–H and O–H groups in total. The summed E-state index contributed by atoms with van der Waals surface area (Å²) in [5, 5.41) is 15.0. The van der Waals surface area contributed by atoms with E-state index in [0.29, 0.717) is 11.1 Å². The van der Waals surface area contributed by atoms with E-state index in [9.17, 15) is 0 Å². The number of rotatable bonds is 4. The van der Waals surface area contributed by atoms with Gasteiger partial charge in [0.25, 0.3) is 0 Å². The first-order valence-corrected chi connectivity index (χ1v) is 7.10. The highest BCUT2D eigenvalue weighted by Crippen LogP contribution is 2.27. The number of aromatic nitrogens is 3. The third-order valence-corrected chi connectivity index (χ3v) is 3.89. The fraction of sp³-hybridized carbons (Fsp3) is 0. The molecule has 6 heteroatoms. The number of anilines is 2. The molecule has 3 aromatic rings. The van der Waals surface area contributed by atoms with Gasteiger partial charge in [0.15, 0.2) is 0 Å². The molecule has 2 heterocycles. The van der Waals surface area contributed by atoms with Crippen molar-refractivity contribution in [3.63, 3.8) is 0 Å². The summed E-state index contributed by atoms with van der Waals surface area (Å²) in [4.78, 5) is 5.53. The monoisotopic (exact) mass is 274 g/mol. The van der Waals surface area contributed by atoms with Crippen molar-refractivity contribution in [1.82, 2.24) is 15.2 Å². The number of nitrogens with zero attached hydrogens (tertiary/aromatic N) is 2. The van der Waals surface area contributed by atoms with Crippen LogP contribution in [0.4, 0.5) is 11.6 Å². The minimum Gasteiger partial charge on any atom is -0.325 e. The quantitative estimate of drug-likeness (QED) is 0.760. The number of H-pyrrole nitrogens is 1. The van der Waals surface area contributed by atoms with Gasteiger partial charge in [0, 0.05) is 16.0 Å². The van der Waals surface area contributed by atoms with Crippen LogP contribution in [0.5, 0.6) is 0 Å². The van der Waals surface area contributed by atoms with E-state index in [4.69, 9.17) is 0 Å². The number of hydrogen-bond donors (Lipinski definition) is 2. The van der Waals surface area contributed by atoms with Crippen LogP contribution in [0.15, 0.2) is 57.2 Å². The van der Waals surface area contributed by atoms with Gasteiger partial charge in [-0.25, -0.2) is 5.10 Å². The van der Waals surface area contributed by atoms with Crippen LogP contribution >= 0.6 is 23.1 Å². The average Bonchev–Trinajstić information content (AvgIpc) is 3.03. The molecule has 0 saturated carbocycles. The smallest absolute Gasteiger partial charge is 0.223 e. The highest BCUT2D eigenvalue weighted by atomic mass is 32.2. The van der Waals surface area contributed by atoms with E-state index < -0.39 is 0 Å². The first kappa shape index (κ1) is 11.3. The molecule has 0 aliphatic rings. The van der Waals surface area contributed by atoms with E-state index in [1.54, 1.807) is 23.1 Å². The topological polar surface area (TPSA) is 53.6 Å². The van der Waals surface area contributed by atoms with Crippen LogP contribution < -0.4 is 5.32 Å². The van der Waals surface area contributed by atoms with Crippen LogP contribution in [0, 0.1) is 0 Å².